The van der Waals surface area contributed by atoms with E-state index in [1.807, 2.05) is 0 Å². The molecule has 1 saturated carbocycles. The summed E-state index contributed by atoms with van der Waals surface area (Å²) in [6.45, 7) is 0. The number of rotatable bonds is 3. The first-order valence-electron chi connectivity index (χ1n) is 4.32. The zero-order valence-corrected chi connectivity index (χ0v) is 7.20. The molecule has 0 heterocycles. The predicted octanol–water partition coefficient (Wildman–Crippen LogP) is 2.55. The molecule has 1 fully saturated rings. The van der Waals surface area contributed by atoms with Crippen molar-refractivity contribution in [1.29, 1.82) is 0 Å². The zero-order chi connectivity index (χ0) is 10.1. The van der Waals surface area contributed by atoms with Crippen molar-refractivity contribution in [1.82, 2.24) is 0 Å². The Morgan fingerprint density at radius 3 is 2.23 bits per heavy atom. The number of halogens is 4. The van der Waals surface area contributed by atoms with Crippen molar-refractivity contribution in [3.8, 4) is 0 Å². The van der Waals surface area contributed by atoms with E-state index in [9.17, 15) is 17.6 Å². The van der Waals surface area contributed by atoms with Crippen molar-refractivity contribution in [3.63, 3.8) is 0 Å². The molecule has 0 aromatic rings. The average molecular weight is 199 g/mol. The van der Waals surface area contributed by atoms with Crippen LogP contribution in [0.3, 0.4) is 0 Å². The van der Waals surface area contributed by atoms with Gasteiger partial charge in [-0.05, 0) is 25.7 Å². The Hall–Kier alpha value is -0.320. The summed E-state index contributed by atoms with van der Waals surface area (Å²) in [7, 11) is 0. The quantitative estimate of drug-likeness (QED) is 0.694. The van der Waals surface area contributed by atoms with Crippen molar-refractivity contribution < 1.29 is 17.6 Å². The third-order valence-corrected chi connectivity index (χ3v) is 2.34. The van der Waals surface area contributed by atoms with Gasteiger partial charge in [0.15, 0.2) is 0 Å². The second-order valence-electron chi connectivity index (χ2n) is 3.79. The fraction of sp³-hybridized carbons (Fsp3) is 1.00. The lowest BCUT2D eigenvalue weighted by atomic mass is 9.75. The number of hydrogen-bond donors (Lipinski definition) is 1. The van der Waals surface area contributed by atoms with Gasteiger partial charge in [0.25, 0.3) is 0 Å². The molecule has 13 heavy (non-hydrogen) atoms. The van der Waals surface area contributed by atoms with E-state index in [1.165, 1.54) is 0 Å². The Kier molecular flexibility index (Phi) is 2.85. The van der Waals surface area contributed by atoms with E-state index in [1.54, 1.807) is 0 Å². The molecule has 78 valence electrons. The SMILES string of the molecule is NC1CC(F)(CCCC(F)(F)F)C1. The van der Waals surface area contributed by atoms with Crippen molar-refractivity contribution in [2.75, 3.05) is 0 Å². The lowest BCUT2D eigenvalue weighted by Crippen LogP contribution is -2.48. The third kappa shape index (κ3) is 3.50. The highest BCUT2D eigenvalue weighted by Crippen LogP contribution is 2.40. The highest BCUT2D eigenvalue weighted by atomic mass is 19.4. The van der Waals surface area contributed by atoms with Crippen molar-refractivity contribution >= 4 is 0 Å². The Morgan fingerprint density at radius 1 is 1.31 bits per heavy atom. The van der Waals surface area contributed by atoms with E-state index >= 15 is 0 Å². The maximum Gasteiger partial charge on any atom is 0.389 e. The molecular formula is C8H13F4N. The van der Waals surface area contributed by atoms with Gasteiger partial charge in [0.1, 0.15) is 5.67 Å². The first-order valence-corrected chi connectivity index (χ1v) is 4.32. The second kappa shape index (κ2) is 3.44. The number of hydrogen-bond acceptors (Lipinski definition) is 1. The molecule has 0 unspecified atom stereocenters. The van der Waals surface area contributed by atoms with Crippen molar-refractivity contribution in [2.24, 2.45) is 5.73 Å². The molecule has 1 rings (SSSR count). The molecule has 0 aromatic carbocycles. The van der Waals surface area contributed by atoms with Gasteiger partial charge in [0, 0.05) is 12.5 Å². The summed E-state index contributed by atoms with van der Waals surface area (Å²) >= 11 is 0. The largest absolute Gasteiger partial charge is 0.389 e. The summed E-state index contributed by atoms with van der Waals surface area (Å²) in [6.07, 6.45) is -4.78. The van der Waals surface area contributed by atoms with Gasteiger partial charge in [-0.2, -0.15) is 13.2 Å². The average Bonchev–Trinajstić information content (AvgIpc) is 1.80. The standard InChI is InChI=1S/C8H13F4N/c9-7(4-6(13)5-7)2-1-3-8(10,11)12/h6H,1-5,13H2. The maximum absolute atomic E-state index is 13.3. The molecule has 0 saturated heterocycles. The Balaban J connectivity index is 2.13. The van der Waals surface area contributed by atoms with Gasteiger partial charge in [0.2, 0.25) is 0 Å². The summed E-state index contributed by atoms with van der Waals surface area (Å²) in [5, 5.41) is 0. The van der Waals surface area contributed by atoms with Crippen LogP contribution < -0.4 is 5.73 Å². The monoisotopic (exact) mass is 199 g/mol. The van der Waals surface area contributed by atoms with Gasteiger partial charge in [-0.25, -0.2) is 4.39 Å². The summed E-state index contributed by atoms with van der Waals surface area (Å²) < 4.78 is 48.3. The van der Waals surface area contributed by atoms with Crippen molar-refractivity contribution in [2.45, 2.75) is 50.0 Å². The predicted molar refractivity (Wildman–Crippen MR) is 41.0 cm³/mol. The number of nitrogens with two attached hydrogens (primary N) is 1. The summed E-state index contributed by atoms with van der Waals surface area (Å²) in [6, 6.07) is -0.157. The molecule has 2 N–H and O–H groups in total. The molecule has 0 radical (unpaired) electrons. The van der Waals surface area contributed by atoms with E-state index in [-0.39, 0.29) is 31.7 Å². The van der Waals surface area contributed by atoms with E-state index in [0.717, 1.165) is 0 Å². The molecule has 0 aromatic heterocycles. The normalized spacial score (nSPS) is 34.4. The van der Waals surface area contributed by atoms with Crippen molar-refractivity contribution in [3.05, 3.63) is 0 Å². The fourth-order valence-electron chi connectivity index (χ4n) is 1.69. The molecule has 5 heteroatoms. The van der Waals surface area contributed by atoms with Crippen LogP contribution in [-0.4, -0.2) is 17.9 Å². The second-order valence-corrected chi connectivity index (χ2v) is 3.79. The molecular weight excluding hydrogens is 186 g/mol. The van der Waals surface area contributed by atoms with E-state index in [2.05, 4.69) is 0 Å². The highest BCUT2D eigenvalue weighted by molar-refractivity contribution is 4.96. The van der Waals surface area contributed by atoms with E-state index < -0.39 is 18.3 Å². The summed E-state index contributed by atoms with van der Waals surface area (Å²) in [4.78, 5) is 0. The molecule has 0 atom stereocenters. The van der Waals surface area contributed by atoms with Crippen LogP contribution in [0.1, 0.15) is 32.1 Å². The van der Waals surface area contributed by atoms with Crippen LogP contribution in [0, 0.1) is 0 Å². The summed E-state index contributed by atoms with van der Waals surface area (Å²) in [5.74, 6) is 0. The maximum atomic E-state index is 13.3. The first-order chi connectivity index (χ1) is 5.81. The van der Waals surface area contributed by atoms with Gasteiger partial charge < -0.3 is 5.73 Å². The topological polar surface area (TPSA) is 26.0 Å². The van der Waals surface area contributed by atoms with Gasteiger partial charge in [-0.3, -0.25) is 0 Å². The zero-order valence-electron chi connectivity index (χ0n) is 7.20. The Bertz CT molecular complexity index is 171. The third-order valence-electron chi connectivity index (χ3n) is 2.34. The van der Waals surface area contributed by atoms with Gasteiger partial charge >= 0.3 is 6.18 Å². The van der Waals surface area contributed by atoms with Gasteiger partial charge in [-0.15, -0.1) is 0 Å². The highest BCUT2D eigenvalue weighted by Gasteiger charge is 2.43. The van der Waals surface area contributed by atoms with Crippen LogP contribution in [0.25, 0.3) is 0 Å². The van der Waals surface area contributed by atoms with Crippen LogP contribution in [0.4, 0.5) is 17.6 Å². The van der Waals surface area contributed by atoms with E-state index in [4.69, 9.17) is 5.73 Å². The fourth-order valence-corrected chi connectivity index (χ4v) is 1.69. The van der Waals surface area contributed by atoms with Crippen LogP contribution >= 0.6 is 0 Å². The van der Waals surface area contributed by atoms with Crippen LogP contribution in [-0.2, 0) is 0 Å². The van der Waals surface area contributed by atoms with Crippen LogP contribution in [0.15, 0.2) is 0 Å². The molecule has 0 bridgehead atoms. The van der Waals surface area contributed by atoms with Gasteiger partial charge in [-0.1, -0.05) is 0 Å². The molecule has 0 spiro atoms. The molecule has 1 aliphatic carbocycles. The first kappa shape index (κ1) is 10.8. The minimum absolute atomic E-state index is 0.0137. The van der Waals surface area contributed by atoms with Crippen LogP contribution in [0.2, 0.25) is 0 Å². The molecule has 1 aliphatic rings. The minimum atomic E-state index is -4.16. The molecule has 0 aliphatic heterocycles. The molecule has 1 nitrogen and oxygen atoms in total. The Morgan fingerprint density at radius 2 is 1.85 bits per heavy atom. The molecule has 0 amide bonds. The Labute approximate surface area is 74.3 Å². The van der Waals surface area contributed by atoms with Gasteiger partial charge in [0.05, 0.1) is 0 Å². The van der Waals surface area contributed by atoms with Crippen LogP contribution in [0.5, 0.6) is 0 Å². The lowest BCUT2D eigenvalue weighted by Gasteiger charge is -2.39. The number of alkyl halides is 4. The smallest absolute Gasteiger partial charge is 0.327 e. The van der Waals surface area contributed by atoms with E-state index in [0.29, 0.717) is 0 Å². The lowest BCUT2D eigenvalue weighted by molar-refractivity contribution is -0.137. The summed E-state index contributed by atoms with van der Waals surface area (Å²) in [5.41, 5.74) is 3.94. The minimum Gasteiger partial charge on any atom is -0.327 e.